The molecule has 0 aromatic heterocycles. The van der Waals surface area contributed by atoms with Gasteiger partial charge in [-0.05, 0) is 55.3 Å². The smallest absolute Gasteiger partial charge is 0.159 e. The third kappa shape index (κ3) is 1.85. The fraction of sp³-hybridized carbons (Fsp3) is 0.600. The lowest BCUT2D eigenvalue weighted by Gasteiger charge is -2.56. The summed E-state index contributed by atoms with van der Waals surface area (Å²) in [4.78, 5) is 0. The van der Waals surface area contributed by atoms with E-state index in [0.717, 1.165) is 24.8 Å². The molecule has 100 valence electrons. The predicted octanol–water partition coefficient (Wildman–Crippen LogP) is 3.85. The minimum atomic E-state index is -0.762. The molecule has 1 nitrogen and oxygen atoms in total. The van der Waals surface area contributed by atoms with Crippen molar-refractivity contribution in [2.75, 3.05) is 7.05 Å². The molecular formula is C15H21F2N. The maximum Gasteiger partial charge on any atom is 0.159 e. The van der Waals surface area contributed by atoms with E-state index in [1.165, 1.54) is 12.1 Å². The summed E-state index contributed by atoms with van der Waals surface area (Å²) in [6.07, 6.45) is 3.11. The van der Waals surface area contributed by atoms with Gasteiger partial charge in [0.1, 0.15) is 0 Å². The predicted molar refractivity (Wildman–Crippen MR) is 69.6 cm³/mol. The topological polar surface area (TPSA) is 12.0 Å². The van der Waals surface area contributed by atoms with Crippen molar-refractivity contribution in [3.63, 3.8) is 0 Å². The molecule has 1 aromatic rings. The van der Waals surface area contributed by atoms with E-state index in [9.17, 15) is 8.78 Å². The Hall–Kier alpha value is -0.960. The molecule has 0 saturated heterocycles. The summed E-state index contributed by atoms with van der Waals surface area (Å²) >= 11 is 0. The molecule has 3 heteroatoms. The summed E-state index contributed by atoms with van der Waals surface area (Å²) in [6.45, 7) is 4.36. The van der Waals surface area contributed by atoms with Crippen LogP contribution in [0.5, 0.6) is 0 Å². The van der Waals surface area contributed by atoms with Crippen LogP contribution in [0.25, 0.3) is 0 Å². The van der Waals surface area contributed by atoms with Gasteiger partial charge in [0.05, 0.1) is 0 Å². The first-order valence-corrected chi connectivity index (χ1v) is 6.71. The highest BCUT2D eigenvalue weighted by molar-refractivity contribution is 5.29. The van der Waals surface area contributed by atoms with E-state index >= 15 is 0 Å². The van der Waals surface area contributed by atoms with Gasteiger partial charge in [-0.3, -0.25) is 0 Å². The number of hydrogen-bond acceptors (Lipinski definition) is 1. The monoisotopic (exact) mass is 253 g/mol. The van der Waals surface area contributed by atoms with Crippen molar-refractivity contribution in [1.29, 1.82) is 0 Å². The summed E-state index contributed by atoms with van der Waals surface area (Å²) in [5.41, 5.74) is 1.11. The molecule has 0 aliphatic heterocycles. The zero-order valence-electron chi connectivity index (χ0n) is 11.3. The lowest BCUT2D eigenvalue weighted by molar-refractivity contribution is 0.0243. The van der Waals surface area contributed by atoms with Crippen molar-refractivity contribution < 1.29 is 8.78 Å². The van der Waals surface area contributed by atoms with Gasteiger partial charge in [0, 0.05) is 6.04 Å². The SMILES string of the molecule is CCC1(CC)C(NC)CC1c1ccc(F)c(F)c1. The van der Waals surface area contributed by atoms with Gasteiger partial charge < -0.3 is 5.32 Å². The third-order valence-electron chi connectivity index (χ3n) is 4.87. The van der Waals surface area contributed by atoms with Gasteiger partial charge in [0.2, 0.25) is 0 Å². The second kappa shape index (κ2) is 4.96. The van der Waals surface area contributed by atoms with E-state index in [1.54, 1.807) is 6.07 Å². The van der Waals surface area contributed by atoms with Gasteiger partial charge in [-0.1, -0.05) is 19.9 Å². The summed E-state index contributed by atoms with van der Waals surface area (Å²) < 4.78 is 26.3. The molecule has 1 saturated carbocycles. The fourth-order valence-corrected chi connectivity index (χ4v) is 3.63. The molecule has 2 atom stereocenters. The molecule has 1 aliphatic rings. The van der Waals surface area contributed by atoms with E-state index < -0.39 is 11.6 Å². The summed E-state index contributed by atoms with van der Waals surface area (Å²) in [5, 5.41) is 3.35. The van der Waals surface area contributed by atoms with Gasteiger partial charge in [-0.25, -0.2) is 8.78 Å². The van der Waals surface area contributed by atoms with Crippen LogP contribution in [-0.4, -0.2) is 13.1 Å². The van der Waals surface area contributed by atoms with Gasteiger partial charge in [0.15, 0.2) is 11.6 Å². The van der Waals surface area contributed by atoms with Gasteiger partial charge in [-0.2, -0.15) is 0 Å². The van der Waals surface area contributed by atoms with E-state index in [1.807, 2.05) is 7.05 Å². The second-order valence-corrected chi connectivity index (χ2v) is 5.24. The molecule has 2 rings (SSSR count). The molecule has 0 amide bonds. The van der Waals surface area contributed by atoms with E-state index in [4.69, 9.17) is 0 Å². The quantitative estimate of drug-likeness (QED) is 0.859. The molecule has 1 N–H and O–H groups in total. The van der Waals surface area contributed by atoms with Crippen LogP contribution in [0, 0.1) is 17.0 Å². The highest BCUT2D eigenvalue weighted by Gasteiger charge is 2.52. The highest BCUT2D eigenvalue weighted by Crippen LogP contribution is 2.57. The molecule has 0 spiro atoms. The number of nitrogens with one attached hydrogen (secondary N) is 1. The maximum absolute atomic E-state index is 13.3. The number of benzene rings is 1. The van der Waals surface area contributed by atoms with Crippen molar-refractivity contribution in [3.8, 4) is 0 Å². The van der Waals surface area contributed by atoms with Crippen LogP contribution in [0.1, 0.15) is 44.6 Å². The van der Waals surface area contributed by atoms with Gasteiger partial charge in [0.25, 0.3) is 0 Å². The number of rotatable bonds is 4. The molecule has 2 unspecified atom stereocenters. The Kier molecular flexibility index (Phi) is 3.71. The van der Waals surface area contributed by atoms with E-state index in [2.05, 4.69) is 19.2 Å². The normalized spacial score (nSPS) is 25.8. The zero-order chi connectivity index (χ0) is 13.3. The fourth-order valence-electron chi connectivity index (χ4n) is 3.63. The van der Waals surface area contributed by atoms with E-state index in [-0.39, 0.29) is 5.41 Å². The molecule has 1 fully saturated rings. The molecule has 0 radical (unpaired) electrons. The number of hydrogen-bond donors (Lipinski definition) is 1. The van der Waals surface area contributed by atoms with Crippen LogP contribution in [0.15, 0.2) is 18.2 Å². The van der Waals surface area contributed by atoms with Crippen molar-refractivity contribution in [2.45, 2.75) is 45.1 Å². The molecule has 1 aliphatic carbocycles. The molecule has 18 heavy (non-hydrogen) atoms. The summed E-state index contributed by atoms with van der Waals surface area (Å²) in [6, 6.07) is 4.82. The largest absolute Gasteiger partial charge is 0.316 e. The Morgan fingerprint density at radius 3 is 2.39 bits per heavy atom. The maximum atomic E-state index is 13.3. The van der Waals surface area contributed by atoms with Crippen LogP contribution in [0.3, 0.4) is 0 Å². The Morgan fingerprint density at radius 2 is 1.89 bits per heavy atom. The van der Waals surface area contributed by atoms with Crippen LogP contribution in [-0.2, 0) is 0 Å². The average Bonchev–Trinajstić information content (AvgIpc) is 2.35. The third-order valence-corrected chi connectivity index (χ3v) is 4.87. The molecule has 0 heterocycles. The minimum absolute atomic E-state index is 0.180. The van der Waals surface area contributed by atoms with Crippen molar-refractivity contribution in [3.05, 3.63) is 35.4 Å². The Bertz CT molecular complexity index is 427. The van der Waals surface area contributed by atoms with E-state index in [0.29, 0.717) is 12.0 Å². The first-order valence-electron chi connectivity index (χ1n) is 6.71. The zero-order valence-corrected chi connectivity index (χ0v) is 11.3. The molecule has 1 aromatic carbocycles. The van der Waals surface area contributed by atoms with Crippen molar-refractivity contribution >= 4 is 0 Å². The highest BCUT2D eigenvalue weighted by atomic mass is 19.2. The number of halogens is 2. The van der Waals surface area contributed by atoms with Crippen molar-refractivity contribution in [1.82, 2.24) is 5.32 Å². The van der Waals surface area contributed by atoms with Crippen LogP contribution >= 0.6 is 0 Å². The summed E-state index contributed by atoms with van der Waals surface area (Å²) in [5.74, 6) is -1.16. The Morgan fingerprint density at radius 1 is 1.22 bits per heavy atom. The summed E-state index contributed by atoms with van der Waals surface area (Å²) in [7, 11) is 1.98. The molecular weight excluding hydrogens is 232 g/mol. The lowest BCUT2D eigenvalue weighted by atomic mass is 9.52. The first kappa shape index (κ1) is 13.5. The Labute approximate surface area is 108 Å². The standard InChI is InChI=1S/C15H21F2N/c1-4-15(5-2)11(9-14(15)18-3)10-6-7-12(16)13(17)8-10/h6-8,11,14,18H,4-5,9H2,1-3H3. The Balaban J connectivity index is 2.31. The minimum Gasteiger partial charge on any atom is -0.316 e. The average molecular weight is 253 g/mol. The van der Waals surface area contributed by atoms with Gasteiger partial charge in [-0.15, -0.1) is 0 Å². The second-order valence-electron chi connectivity index (χ2n) is 5.24. The van der Waals surface area contributed by atoms with Crippen LogP contribution < -0.4 is 5.32 Å². The lowest BCUT2D eigenvalue weighted by Crippen LogP contribution is -2.57. The first-order chi connectivity index (χ1) is 8.58. The van der Waals surface area contributed by atoms with Crippen molar-refractivity contribution in [2.24, 2.45) is 5.41 Å². The van der Waals surface area contributed by atoms with Crippen LogP contribution in [0.4, 0.5) is 8.78 Å². The van der Waals surface area contributed by atoms with Crippen LogP contribution in [0.2, 0.25) is 0 Å². The molecule has 0 bridgehead atoms. The van der Waals surface area contributed by atoms with Gasteiger partial charge >= 0.3 is 0 Å².